The van der Waals surface area contributed by atoms with Crippen molar-refractivity contribution in [3.63, 3.8) is 0 Å². The van der Waals surface area contributed by atoms with Crippen molar-refractivity contribution >= 4 is 22.7 Å². The highest BCUT2D eigenvalue weighted by atomic mass is 16.5. The fourth-order valence-electron chi connectivity index (χ4n) is 2.96. The molecular formula is C18H21N3O4. The Morgan fingerprint density at radius 3 is 2.72 bits per heavy atom. The van der Waals surface area contributed by atoms with Crippen LogP contribution in [0, 0.1) is 6.92 Å². The van der Waals surface area contributed by atoms with Crippen molar-refractivity contribution in [3.8, 4) is 0 Å². The van der Waals surface area contributed by atoms with Crippen molar-refractivity contribution in [3.05, 3.63) is 45.7 Å². The van der Waals surface area contributed by atoms with Gasteiger partial charge in [0.15, 0.2) is 0 Å². The van der Waals surface area contributed by atoms with E-state index < -0.39 is 5.91 Å². The lowest BCUT2D eigenvalue weighted by molar-refractivity contribution is -0.135. The van der Waals surface area contributed by atoms with Crippen molar-refractivity contribution in [1.29, 1.82) is 0 Å². The molecule has 1 aliphatic heterocycles. The third-order valence-electron chi connectivity index (χ3n) is 4.44. The van der Waals surface area contributed by atoms with Crippen LogP contribution in [-0.2, 0) is 9.53 Å². The number of likely N-dealkylation sites (N-methyl/N-ethyl adjacent to an activating group) is 1. The quantitative estimate of drug-likeness (QED) is 0.892. The number of pyridine rings is 1. The normalized spacial score (nSPS) is 14.6. The van der Waals surface area contributed by atoms with Crippen LogP contribution in [0.4, 0.5) is 0 Å². The molecule has 0 bridgehead atoms. The fraction of sp³-hybridized carbons (Fsp3) is 0.389. The first-order valence-electron chi connectivity index (χ1n) is 8.21. The number of morpholine rings is 1. The Kier molecular flexibility index (Phi) is 4.85. The van der Waals surface area contributed by atoms with Gasteiger partial charge >= 0.3 is 0 Å². The Hall–Kier alpha value is -2.67. The number of carbonyl (C=O) groups is 2. The monoisotopic (exact) mass is 343 g/mol. The predicted octanol–water partition coefficient (Wildman–Crippen LogP) is 0.767. The molecule has 0 saturated carbocycles. The number of H-pyrrole nitrogens is 1. The minimum absolute atomic E-state index is 0.0374. The summed E-state index contributed by atoms with van der Waals surface area (Å²) in [5.74, 6) is -0.613. The van der Waals surface area contributed by atoms with Gasteiger partial charge in [-0.05, 0) is 18.6 Å². The largest absolute Gasteiger partial charge is 0.378 e. The van der Waals surface area contributed by atoms with Crippen molar-refractivity contribution in [1.82, 2.24) is 14.8 Å². The summed E-state index contributed by atoms with van der Waals surface area (Å²) < 4.78 is 5.22. The summed E-state index contributed by atoms with van der Waals surface area (Å²) in [6.45, 7) is 3.89. The highest BCUT2D eigenvalue weighted by Crippen LogP contribution is 2.13. The van der Waals surface area contributed by atoms with E-state index in [1.165, 1.54) is 18.1 Å². The van der Waals surface area contributed by atoms with Gasteiger partial charge in [0.2, 0.25) is 11.3 Å². The van der Waals surface area contributed by atoms with E-state index in [1.807, 2.05) is 13.0 Å². The molecule has 7 nitrogen and oxygen atoms in total. The van der Waals surface area contributed by atoms with Gasteiger partial charge in [-0.1, -0.05) is 12.1 Å². The molecule has 25 heavy (non-hydrogen) atoms. The van der Waals surface area contributed by atoms with Crippen molar-refractivity contribution in [2.24, 2.45) is 0 Å². The average Bonchev–Trinajstić information content (AvgIpc) is 2.63. The molecule has 3 rings (SSSR count). The maximum Gasteiger partial charge on any atom is 0.259 e. The lowest BCUT2D eigenvalue weighted by Crippen LogP contribution is -2.46. The van der Waals surface area contributed by atoms with Gasteiger partial charge in [-0.25, -0.2) is 0 Å². The topological polar surface area (TPSA) is 82.7 Å². The molecule has 7 heteroatoms. The highest BCUT2D eigenvalue weighted by molar-refractivity contribution is 5.99. The summed E-state index contributed by atoms with van der Waals surface area (Å²) >= 11 is 0. The van der Waals surface area contributed by atoms with Gasteiger partial charge in [-0.15, -0.1) is 0 Å². The third-order valence-corrected chi connectivity index (χ3v) is 4.44. The molecule has 1 aliphatic rings. The highest BCUT2D eigenvalue weighted by Gasteiger charge is 2.23. The Labute approximate surface area is 145 Å². The molecule has 1 N–H and O–H groups in total. The van der Waals surface area contributed by atoms with Crippen LogP contribution in [0.2, 0.25) is 0 Å². The second-order valence-corrected chi connectivity index (χ2v) is 6.18. The number of nitrogens with one attached hydrogen (secondary N) is 1. The summed E-state index contributed by atoms with van der Waals surface area (Å²) in [6, 6.07) is 5.37. The summed E-state index contributed by atoms with van der Waals surface area (Å²) in [5, 5.41) is 0.471. The van der Waals surface area contributed by atoms with Gasteiger partial charge in [0.1, 0.15) is 5.56 Å². The van der Waals surface area contributed by atoms with Gasteiger partial charge in [0.25, 0.3) is 5.91 Å². The molecule has 2 heterocycles. The molecule has 1 aromatic heterocycles. The zero-order valence-corrected chi connectivity index (χ0v) is 14.4. The molecule has 0 spiro atoms. The molecule has 0 atom stereocenters. The second kappa shape index (κ2) is 7.06. The molecule has 1 saturated heterocycles. The first kappa shape index (κ1) is 17.2. The number of rotatable bonds is 3. The Bertz CT molecular complexity index is 868. The van der Waals surface area contributed by atoms with E-state index in [9.17, 15) is 14.4 Å². The molecule has 132 valence electrons. The number of fused-ring (bicyclic) bond motifs is 1. The molecule has 0 radical (unpaired) electrons. The van der Waals surface area contributed by atoms with E-state index >= 15 is 0 Å². The average molecular weight is 343 g/mol. The molecule has 2 amide bonds. The molecule has 1 aromatic carbocycles. The Morgan fingerprint density at radius 1 is 1.28 bits per heavy atom. The van der Waals surface area contributed by atoms with Crippen molar-refractivity contribution < 1.29 is 14.3 Å². The van der Waals surface area contributed by atoms with Crippen LogP contribution in [-0.4, -0.2) is 66.5 Å². The van der Waals surface area contributed by atoms with E-state index in [2.05, 4.69) is 4.98 Å². The van der Waals surface area contributed by atoms with E-state index in [0.29, 0.717) is 31.7 Å². The van der Waals surface area contributed by atoms with Crippen LogP contribution in [0.1, 0.15) is 15.9 Å². The molecular weight excluding hydrogens is 322 g/mol. The van der Waals surface area contributed by atoms with Crippen LogP contribution >= 0.6 is 0 Å². The molecule has 0 unspecified atom stereocenters. The molecule has 1 fully saturated rings. The first-order chi connectivity index (χ1) is 12.0. The van der Waals surface area contributed by atoms with E-state index in [0.717, 1.165) is 11.1 Å². The van der Waals surface area contributed by atoms with Crippen molar-refractivity contribution in [2.75, 3.05) is 39.9 Å². The van der Waals surface area contributed by atoms with Crippen LogP contribution < -0.4 is 5.43 Å². The van der Waals surface area contributed by atoms with Gasteiger partial charge in [0, 0.05) is 31.7 Å². The Morgan fingerprint density at radius 2 is 2.00 bits per heavy atom. The predicted molar refractivity (Wildman–Crippen MR) is 93.7 cm³/mol. The van der Waals surface area contributed by atoms with Gasteiger partial charge in [-0.3, -0.25) is 14.4 Å². The zero-order valence-electron chi connectivity index (χ0n) is 14.4. The maximum atomic E-state index is 12.6. The fourth-order valence-corrected chi connectivity index (χ4v) is 2.96. The maximum absolute atomic E-state index is 12.6. The number of amides is 2. The number of hydrogen-bond acceptors (Lipinski definition) is 4. The van der Waals surface area contributed by atoms with Crippen molar-refractivity contribution in [2.45, 2.75) is 6.92 Å². The number of aromatic nitrogens is 1. The van der Waals surface area contributed by atoms with Crippen LogP contribution in [0.3, 0.4) is 0 Å². The number of hydrogen-bond donors (Lipinski definition) is 1. The minimum atomic E-state index is -0.466. The lowest BCUT2D eigenvalue weighted by Gasteiger charge is -2.28. The summed E-state index contributed by atoms with van der Waals surface area (Å²) in [6.07, 6.45) is 1.43. The smallest absolute Gasteiger partial charge is 0.259 e. The van der Waals surface area contributed by atoms with Crippen LogP contribution in [0.15, 0.2) is 29.2 Å². The number of para-hydroxylation sites is 1. The van der Waals surface area contributed by atoms with Gasteiger partial charge in [-0.2, -0.15) is 0 Å². The number of nitrogens with zero attached hydrogens (tertiary/aromatic N) is 2. The van der Waals surface area contributed by atoms with E-state index in [-0.39, 0.29) is 23.4 Å². The number of carbonyl (C=O) groups excluding carboxylic acids is 2. The second-order valence-electron chi connectivity index (χ2n) is 6.18. The number of aryl methyl sites for hydroxylation is 1. The standard InChI is InChI=1S/C18H21N3O4/c1-12-4-3-5-13-16(12)19-10-14(17(13)23)18(24)20(2)11-15(22)21-6-8-25-9-7-21/h3-5,10H,6-9,11H2,1-2H3,(H,19,23). The third kappa shape index (κ3) is 3.41. The summed E-state index contributed by atoms with van der Waals surface area (Å²) in [7, 11) is 1.53. The van der Waals surface area contributed by atoms with Gasteiger partial charge < -0.3 is 19.5 Å². The lowest BCUT2D eigenvalue weighted by atomic mass is 10.1. The van der Waals surface area contributed by atoms with E-state index in [1.54, 1.807) is 17.0 Å². The van der Waals surface area contributed by atoms with E-state index in [4.69, 9.17) is 4.74 Å². The molecule has 2 aromatic rings. The zero-order chi connectivity index (χ0) is 18.0. The molecule has 0 aliphatic carbocycles. The van der Waals surface area contributed by atoms with Crippen LogP contribution in [0.25, 0.3) is 10.9 Å². The summed E-state index contributed by atoms with van der Waals surface area (Å²) in [5.41, 5.74) is 1.36. The summed E-state index contributed by atoms with van der Waals surface area (Å²) in [4.78, 5) is 43.5. The Balaban J connectivity index is 1.80. The van der Waals surface area contributed by atoms with Gasteiger partial charge in [0.05, 0.1) is 25.3 Å². The number of aromatic amines is 1. The first-order valence-corrected chi connectivity index (χ1v) is 8.21. The minimum Gasteiger partial charge on any atom is -0.378 e. The van der Waals surface area contributed by atoms with Crippen LogP contribution in [0.5, 0.6) is 0 Å². The SMILES string of the molecule is Cc1cccc2c(=O)c(C(=O)N(C)CC(=O)N3CCOCC3)c[nH]c12. The number of benzene rings is 1. The number of ether oxygens (including phenoxy) is 1.